The van der Waals surface area contributed by atoms with Gasteiger partial charge in [-0.15, -0.1) is 0 Å². The van der Waals surface area contributed by atoms with Crippen LogP contribution in [-0.4, -0.2) is 35.0 Å². The highest BCUT2D eigenvalue weighted by atomic mass is 16.4. The van der Waals surface area contributed by atoms with Gasteiger partial charge in [0, 0.05) is 23.2 Å². The van der Waals surface area contributed by atoms with Crippen LogP contribution in [0.15, 0.2) is 24.3 Å². The molecule has 2 fully saturated rings. The average molecular weight is 344 g/mol. The molecule has 6 nitrogen and oxygen atoms in total. The molecule has 0 spiro atoms. The summed E-state index contributed by atoms with van der Waals surface area (Å²) in [5.74, 6) is -1.79. The Morgan fingerprint density at radius 3 is 1.92 bits per heavy atom. The van der Waals surface area contributed by atoms with Crippen LogP contribution in [0.25, 0.3) is 0 Å². The molecular formula is C19H24N2O4. The number of carbonyl (C=O) groups excluding carboxylic acids is 2. The first-order valence-corrected chi connectivity index (χ1v) is 8.99. The standard InChI is InChI=1S/C19H24N2O4/c22-17(20-14-10-11-14)12-6-8-13(9-7-12)18(23)21-16-5-3-1-2-4-15(16)19(24)25/h6-9,14-16H,1-5,10-11H2,(H,20,22)(H,21,23)(H,24,25)/t15-,16+/m1/s1. The summed E-state index contributed by atoms with van der Waals surface area (Å²) in [4.78, 5) is 35.9. The Labute approximate surface area is 147 Å². The SMILES string of the molecule is O=C(NC1CC1)c1ccc(C(=O)N[C@H]2CCCCC[C@H]2C(=O)O)cc1. The summed E-state index contributed by atoms with van der Waals surface area (Å²) in [6.45, 7) is 0. The van der Waals surface area contributed by atoms with Crippen molar-refractivity contribution >= 4 is 17.8 Å². The van der Waals surface area contributed by atoms with E-state index in [0.717, 1.165) is 32.1 Å². The topological polar surface area (TPSA) is 95.5 Å². The molecule has 2 atom stereocenters. The molecule has 0 aliphatic heterocycles. The molecule has 1 aromatic rings. The lowest BCUT2D eigenvalue weighted by Crippen LogP contribution is -2.42. The highest BCUT2D eigenvalue weighted by molar-refractivity contribution is 5.98. The molecule has 0 unspecified atom stereocenters. The molecule has 1 aromatic carbocycles. The average Bonchev–Trinajstić information content (AvgIpc) is 3.42. The Bertz CT molecular complexity index is 652. The molecule has 25 heavy (non-hydrogen) atoms. The van der Waals surface area contributed by atoms with E-state index in [1.807, 2.05) is 0 Å². The molecule has 3 rings (SSSR count). The van der Waals surface area contributed by atoms with Crippen molar-refractivity contribution in [3.05, 3.63) is 35.4 Å². The van der Waals surface area contributed by atoms with E-state index in [9.17, 15) is 19.5 Å². The van der Waals surface area contributed by atoms with Gasteiger partial charge < -0.3 is 15.7 Å². The van der Waals surface area contributed by atoms with Crippen molar-refractivity contribution in [3.63, 3.8) is 0 Å². The number of carboxylic acids is 1. The molecule has 0 bridgehead atoms. The molecule has 0 heterocycles. The van der Waals surface area contributed by atoms with E-state index >= 15 is 0 Å². The molecule has 0 radical (unpaired) electrons. The number of rotatable bonds is 5. The minimum Gasteiger partial charge on any atom is -0.481 e. The number of aliphatic carboxylic acids is 1. The van der Waals surface area contributed by atoms with Gasteiger partial charge in [-0.25, -0.2) is 0 Å². The van der Waals surface area contributed by atoms with Gasteiger partial charge in [0.05, 0.1) is 5.92 Å². The largest absolute Gasteiger partial charge is 0.481 e. The molecule has 0 aromatic heterocycles. The summed E-state index contributed by atoms with van der Waals surface area (Å²) < 4.78 is 0. The van der Waals surface area contributed by atoms with Crippen molar-refractivity contribution in [2.75, 3.05) is 0 Å². The maximum absolute atomic E-state index is 12.5. The van der Waals surface area contributed by atoms with Gasteiger partial charge in [0.15, 0.2) is 0 Å². The van der Waals surface area contributed by atoms with E-state index in [1.165, 1.54) is 0 Å². The highest BCUT2D eigenvalue weighted by Gasteiger charge is 2.31. The number of benzene rings is 1. The fourth-order valence-electron chi connectivity index (χ4n) is 3.30. The monoisotopic (exact) mass is 344 g/mol. The Morgan fingerprint density at radius 2 is 1.36 bits per heavy atom. The molecule has 3 N–H and O–H groups in total. The van der Waals surface area contributed by atoms with E-state index < -0.39 is 11.9 Å². The van der Waals surface area contributed by atoms with E-state index in [2.05, 4.69) is 10.6 Å². The van der Waals surface area contributed by atoms with Crippen LogP contribution in [-0.2, 0) is 4.79 Å². The van der Waals surface area contributed by atoms with Crippen LogP contribution >= 0.6 is 0 Å². The number of carbonyl (C=O) groups is 3. The van der Waals surface area contributed by atoms with Gasteiger partial charge in [-0.2, -0.15) is 0 Å². The molecule has 2 saturated carbocycles. The van der Waals surface area contributed by atoms with Gasteiger partial charge in [-0.3, -0.25) is 14.4 Å². The number of carboxylic acid groups (broad SMARTS) is 1. The number of hydrogen-bond acceptors (Lipinski definition) is 3. The quantitative estimate of drug-likeness (QED) is 0.715. The first kappa shape index (κ1) is 17.5. The van der Waals surface area contributed by atoms with Crippen molar-refractivity contribution in [1.82, 2.24) is 10.6 Å². The molecule has 6 heteroatoms. The second-order valence-corrected chi connectivity index (χ2v) is 6.99. The maximum Gasteiger partial charge on any atom is 0.308 e. The molecule has 2 amide bonds. The second-order valence-electron chi connectivity index (χ2n) is 6.99. The normalized spacial score (nSPS) is 23.4. The van der Waals surface area contributed by atoms with Crippen molar-refractivity contribution in [1.29, 1.82) is 0 Å². The van der Waals surface area contributed by atoms with Crippen LogP contribution in [0.5, 0.6) is 0 Å². The van der Waals surface area contributed by atoms with Crippen LogP contribution in [0.3, 0.4) is 0 Å². The zero-order valence-corrected chi connectivity index (χ0v) is 14.2. The van der Waals surface area contributed by atoms with Crippen LogP contribution in [0.1, 0.15) is 65.7 Å². The Kier molecular flexibility index (Phi) is 5.36. The van der Waals surface area contributed by atoms with Gasteiger partial charge >= 0.3 is 5.97 Å². The van der Waals surface area contributed by atoms with E-state index in [4.69, 9.17) is 0 Å². The van der Waals surface area contributed by atoms with Gasteiger partial charge in [0.2, 0.25) is 0 Å². The van der Waals surface area contributed by atoms with Gasteiger partial charge in [0.1, 0.15) is 0 Å². The number of amides is 2. The summed E-state index contributed by atoms with van der Waals surface area (Å²) in [5.41, 5.74) is 0.970. The van der Waals surface area contributed by atoms with E-state index in [-0.39, 0.29) is 17.9 Å². The molecule has 2 aliphatic carbocycles. The third-order valence-corrected chi connectivity index (χ3v) is 4.97. The van der Waals surface area contributed by atoms with E-state index in [1.54, 1.807) is 24.3 Å². The molecule has 2 aliphatic rings. The van der Waals surface area contributed by atoms with Crippen LogP contribution in [0, 0.1) is 5.92 Å². The summed E-state index contributed by atoms with van der Waals surface area (Å²) in [5, 5.41) is 15.2. The summed E-state index contributed by atoms with van der Waals surface area (Å²) in [7, 11) is 0. The van der Waals surface area contributed by atoms with Crippen molar-refractivity contribution in [2.45, 2.75) is 57.0 Å². The number of hydrogen-bond donors (Lipinski definition) is 3. The maximum atomic E-state index is 12.5. The summed E-state index contributed by atoms with van der Waals surface area (Å²) in [6.07, 6.45) is 6.14. The number of nitrogens with one attached hydrogen (secondary N) is 2. The van der Waals surface area contributed by atoms with Gasteiger partial charge in [0.25, 0.3) is 11.8 Å². The zero-order chi connectivity index (χ0) is 17.8. The lowest BCUT2D eigenvalue weighted by atomic mass is 9.94. The molecule has 0 saturated heterocycles. The fourth-order valence-corrected chi connectivity index (χ4v) is 3.30. The third kappa shape index (κ3) is 4.59. The van der Waals surface area contributed by atoms with Gasteiger partial charge in [-0.1, -0.05) is 19.3 Å². The lowest BCUT2D eigenvalue weighted by molar-refractivity contribution is -0.142. The van der Waals surface area contributed by atoms with E-state index in [0.29, 0.717) is 30.0 Å². The van der Waals surface area contributed by atoms with Gasteiger partial charge in [-0.05, 0) is 49.9 Å². The zero-order valence-electron chi connectivity index (χ0n) is 14.2. The smallest absolute Gasteiger partial charge is 0.308 e. The molecule has 134 valence electrons. The van der Waals surface area contributed by atoms with Crippen molar-refractivity contribution < 1.29 is 19.5 Å². The highest BCUT2D eigenvalue weighted by Crippen LogP contribution is 2.24. The van der Waals surface area contributed by atoms with Crippen molar-refractivity contribution in [2.24, 2.45) is 5.92 Å². The Hall–Kier alpha value is -2.37. The first-order valence-electron chi connectivity index (χ1n) is 8.99. The van der Waals surface area contributed by atoms with Crippen LogP contribution < -0.4 is 10.6 Å². The lowest BCUT2D eigenvalue weighted by Gasteiger charge is -2.23. The Morgan fingerprint density at radius 1 is 0.800 bits per heavy atom. The predicted octanol–water partition coefficient (Wildman–Crippen LogP) is 2.34. The molecular weight excluding hydrogens is 320 g/mol. The fraction of sp³-hybridized carbons (Fsp3) is 0.526. The minimum atomic E-state index is -0.848. The minimum absolute atomic E-state index is 0.121. The first-order chi connectivity index (χ1) is 12.0. The second kappa shape index (κ2) is 7.68. The Balaban J connectivity index is 1.63. The van der Waals surface area contributed by atoms with Crippen molar-refractivity contribution in [3.8, 4) is 0 Å². The predicted molar refractivity (Wildman–Crippen MR) is 92.4 cm³/mol. The van der Waals surface area contributed by atoms with Crippen LogP contribution in [0.4, 0.5) is 0 Å². The van der Waals surface area contributed by atoms with Crippen LogP contribution in [0.2, 0.25) is 0 Å². The summed E-state index contributed by atoms with van der Waals surface area (Å²) in [6, 6.07) is 6.44. The summed E-state index contributed by atoms with van der Waals surface area (Å²) >= 11 is 0. The third-order valence-electron chi connectivity index (χ3n) is 4.97.